The zero-order chi connectivity index (χ0) is 17.5. The highest BCUT2D eigenvalue weighted by Crippen LogP contribution is 2.17. The number of anilines is 1. The molecular formula is C16H24N2O4S. The highest BCUT2D eigenvalue weighted by Gasteiger charge is 2.16. The van der Waals surface area contributed by atoms with Gasteiger partial charge in [0.25, 0.3) is 0 Å². The van der Waals surface area contributed by atoms with Gasteiger partial charge in [-0.05, 0) is 38.1 Å². The second-order valence-corrected chi connectivity index (χ2v) is 7.38. The van der Waals surface area contributed by atoms with Crippen molar-refractivity contribution >= 4 is 21.6 Å². The van der Waals surface area contributed by atoms with E-state index in [-0.39, 0.29) is 31.5 Å². The summed E-state index contributed by atoms with van der Waals surface area (Å²) >= 11 is 0. The normalized spacial score (nSPS) is 11.5. The number of nitrogens with one attached hydrogen (secondary N) is 1. The topological polar surface area (TPSA) is 75.7 Å². The molecule has 0 aliphatic heterocycles. The van der Waals surface area contributed by atoms with Gasteiger partial charge in [0.05, 0.1) is 12.4 Å². The van der Waals surface area contributed by atoms with Crippen LogP contribution in [0.4, 0.5) is 5.69 Å². The molecule has 128 valence electrons. The van der Waals surface area contributed by atoms with Crippen LogP contribution in [0.15, 0.2) is 36.9 Å². The molecule has 6 nitrogen and oxygen atoms in total. The van der Waals surface area contributed by atoms with Gasteiger partial charge in [-0.2, -0.15) is 4.31 Å². The van der Waals surface area contributed by atoms with E-state index >= 15 is 0 Å². The van der Waals surface area contributed by atoms with Gasteiger partial charge in [0.1, 0.15) is 5.75 Å². The van der Waals surface area contributed by atoms with Crippen molar-refractivity contribution < 1.29 is 17.9 Å². The smallest absolute Gasteiger partial charge is 0.225 e. The number of carbonyl (C=O) groups is 1. The van der Waals surface area contributed by atoms with Gasteiger partial charge in [0.2, 0.25) is 15.9 Å². The molecule has 0 aliphatic carbocycles. The fourth-order valence-corrected chi connectivity index (χ4v) is 2.67. The van der Waals surface area contributed by atoms with Gasteiger partial charge in [-0.25, -0.2) is 8.42 Å². The summed E-state index contributed by atoms with van der Waals surface area (Å²) in [4.78, 5) is 11.9. The van der Waals surface area contributed by atoms with Crippen LogP contribution in [0.2, 0.25) is 0 Å². The van der Waals surface area contributed by atoms with Gasteiger partial charge in [0.15, 0.2) is 0 Å². The van der Waals surface area contributed by atoms with Gasteiger partial charge in [0, 0.05) is 25.2 Å². The summed E-state index contributed by atoms with van der Waals surface area (Å²) in [7, 11) is -3.35. The van der Waals surface area contributed by atoms with Gasteiger partial charge in [-0.15, -0.1) is 6.58 Å². The van der Waals surface area contributed by atoms with Crippen LogP contribution in [-0.4, -0.2) is 44.1 Å². The average molecular weight is 340 g/mol. The lowest BCUT2D eigenvalue weighted by molar-refractivity contribution is -0.116. The molecule has 0 unspecified atom stereocenters. The lowest BCUT2D eigenvalue weighted by Gasteiger charge is -2.17. The molecule has 0 bridgehead atoms. The lowest BCUT2D eigenvalue weighted by atomic mass is 10.3. The SMILES string of the molecule is C=CCN(CCC(=O)Nc1ccc(OC(C)C)cc1)S(C)(=O)=O. The van der Waals surface area contributed by atoms with E-state index in [9.17, 15) is 13.2 Å². The van der Waals surface area contributed by atoms with Crippen LogP contribution in [0.5, 0.6) is 5.75 Å². The minimum atomic E-state index is -3.35. The van der Waals surface area contributed by atoms with E-state index in [0.29, 0.717) is 5.69 Å². The summed E-state index contributed by atoms with van der Waals surface area (Å²) in [6, 6.07) is 7.04. The molecule has 0 aliphatic rings. The molecule has 1 aromatic carbocycles. The maximum absolute atomic E-state index is 11.9. The number of rotatable bonds is 9. The molecular weight excluding hydrogens is 316 g/mol. The molecule has 1 N–H and O–H groups in total. The van der Waals surface area contributed by atoms with Crippen molar-refractivity contribution in [2.75, 3.05) is 24.7 Å². The molecule has 1 amide bonds. The zero-order valence-electron chi connectivity index (χ0n) is 13.8. The first-order valence-corrected chi connectivity index (χ1v) is 9.19. The van der Waals surface area contributed by atoms with Crippen LogP contribution in [0.1, 0.15) is 20.3 Å². The average Bonchev–Trinajstić information content (AvgIpc) is 2.43. The highest BCUT2D eigenvalue weighted by molar-refractivity contribution is 7.88. The second-order valence-electron chi connectivity index (χ2n) is 5.40. The van der Waals surface area contributed by atoms with Gasteiger partial charge in [-0.1, -0.05) is 6.08 Å². The molecule has 1 rings (SSSR count). The third kappa shape index (κ3) is 7.30. The van der Waals surface area contributed by atoms with Crippen LogP contribution < -0.4 is 10.1 Å². The van der Waals surface area contributed by atoms with Crippen molar-refractivity contribution in [3.63, 3.8) is 0 Å². The van der Waals surface area contributed by atoms with Gasteiger partial charge in [-0.3, -0.25) is 4.79 Å². The highest BCUT2D eigenvalue weighted by atomic mass is 32.2. The summed E-state index contributed by atoms with van der Waals surface area (Å²) in [6.45, 7) is 7.70. The summed E-state index contributed by atoms with van der Waals surface area (Å²) < 4.78 is 29.8. The molecule has 0 fully saturated rings. The molecule has 0 spiro atoms. The molecule has 0 radical (unpaired) electrons. The molecule has 23 heavy (non-hydrogen) atoms. The first-order valence-electron chi connectivity index (χ1n) is 7.35. The van der Waals surface area contributed by atoms with E-state index in [4.69, 9.17) is 4.74 Å². The minimum absolute atomic E-state index is 0.0746. The quantitative estimate of drug-likeness (QED) is 0.700. The molecule has 1 aromatic rings. The van der Waals surface area contributed by atoms with E-state index in [1.165, 1.54) is 10.4 Å². The number of carbonyl (C=O) groups excluding carboxylic acids is 1. The Hall–Kier alpha value is -1.86. The van der Waals surface area contributed by atoms with Crippen molar-refractivity contribution in [1.29, 1.82) is 0 Å². The van der Waals surface area contributed by atoms with Crippen LogP contribution >= 0.6 is 0 Å². The Bertz CT molecular complexity index is 624. The molecule has 0 saturated carbocycles. The van der Waals surface area contributed by atoms with E-state index in [1.54, 1.807) is 24.3 Å². The van der Waals surface area contributed by atoms with Crippen molar-refractivity contribution in [2.24, 2.45) is 0 Å². The number of amides is 1. The monoisotopic (exact) mass is 340 g/mol. The molecule has 0 atom stereocenters. The molecule has 0 aromatic heterocycles. The van der Waals surface area contributed by atoms with Crippen molar-refractivity contribution in [3.05, 3.63) is 36.9 Å². The lowest BCUT2D eigenvalue weighted by Crippen LogP contribution is -2.33. The number of benzene rings is 1. The van der Waals surface area contributed by atoms with Gasteiger partial charge < -0.3 is 10.1 Å². The summed E-state index contributed by atoms with van der Waals surface area (Å²) in [5.41, 5.74) is 0.640. The maximum atomic E-state index is 11.9. The fourth-order valence-electron chi connectivity index (χ4n) is 1.88. The Labute approximate surface area is 138 Å². The van der Waals surface area contributed by atoms with Crippen molar-refractivity contribution in [3.8, 4) is 5.75 Å². The number of hydrogen-bond donors (Lipinski definition) is 1. The predicted octanol–water partition coefficient (Wildman–Crippen LogP) is 2.25. The minimum Gasteiger partial charge on any atom is -0.491 e. The van der Waals surface area contributed by atoms with Crippen LogP contribution in [0.3, 0.4) is 0 Å². The fraction of sp³-hybridized carbons (Fsp3) is 0.438. The molecule has 7 heteroatoms. The third-order valence-electron chi connectivity index (χ3n) is 2.90. The van der Waals surface area contributed by atoms with Crippen LogP contribution in [0.25, 0.3) is 0 Å². The van der Waals surface area contributed by atoms with Crippen LogP contribution in [-0.2, 0) is 14.8 Å². The van der Waals surface area contributed by atoms with E-state index in [0.717, 1.165) is 12.0 Å². The summed E-state index contributed by atoms with van der Waals surface area (Å²) in [5.74, 6) is 0.479. The number of sulfonamides is 1. The third-order valence-corrected chi connectivity index (χ3v) is 4.17. The van der Waals surface area contributed by atoms with Crippen molar-refractivity contribution in [1.82, 2.24) is 4.31 Å². The Morgan fingerprint density at radius 3 is 2.43 bits per heavy atom. The first-order chi connectivity index (χ1) is 10.7. The Kier molecular flexibility index (Phi) is 7.25. The first kappa shape index (κ1) is 19.2. The Morgan fingerprint density at radius 2 is 1.96 bits per heavy atom. The number of nitrogens with zero attached hydrogens (tertiary/aromatic N) is 1. The standard InChI is InChI=1S/C16H24N2O4S/c1-5-11-18(23(4,20)21)12-10-16(19)17-14-6-8-15(9-7-14)22-13(2)3/h5-9,13H,1,10-12H2,2-4H3,(H,17,19). The summed E-state index contributed by atoms with van der Waals surface area (Å²) in [5, 5.41) is 2.73. The Morgan fingerprint density at radius 1 is 1.35 bits per heavy atom. The maximum Gasteiger partial charge on any atom is 0.225 e. The van der Waals surface area contributed by atoms with Crippen molar-refractivity contribution in [2.45, 2.75) is 26.4 Å². The largest absolute Gasteiger partial charge is 0.491 e. The van der Waals surface area contributed by atoms with E-state index in [2.05, 4.69) is 11.9 Å². The molecule has 0 saturated heterocycles. The summed E-state index contributed by atoms with van der Waals surface area (Å²) in [6.07, 6.45) is 2.77. The second kappa shape index (κ2) is 8.69. The van der Waals surface area contributed by atoms with E-state index < -0.39 is 10.0 Å². The number of ether oxygens (including phenoxy) is 1. The van der Waals surface area contributed by atoms with Crippen LogP contribution in [0, 0.1) is 0 Å². The zero-order valence-corrected chi connectivity index (χ0v) is 14.6. The van der Waals surface area contributed by atoms with E-state index in [1.807, 2.05) is 13.8 Å². The number of hydrogen-bond acceptors (Lipinski definition) is 4. The Balaban J connectivity index is 2.54. The predicted molar refractivity (Wildman–Crippen MR) is 92.1 cm³/mol. The van der Waals surface area contributed by atoms with Gasteiger partial charge >= 0.3 is 0 Å². The molecule has 0 heterocycles.